The Labute approximate surface area is 198 Å². The van der Waals surface area contributed by atoms with Crippen LogP contribution in [0, 0.1) is 18.7 Å². The predicted octanol–water partition coefficient (Wildman–Crippen LogP) is 4.55. The molecule has 3 aromatic rings. The summed E-state index contributed by atoms with van der Waals surface area (Å²) in [5, 5.41) is 8.37. The number of benzene rings is 1. The SMILES string of the molecule is CNC(=O)NC1CCCC(C(=O)Nc2cc(-c3cc(F)c4ncn(C(C)C)c4c3)c(C)cn2)C1. The van der Waals surface area contributed by atoms with Gasteiger partial charge in [0.15, 0.2) is 5.82 Å². The molecule has 1 fully saturated rings. The summed E-state index contributed by atoms with van der Waals surface area (Å²) >= 11 is 0. The van der Waals surface area contributed by atoms with Crippen molar-refractivity contribution >= 4 is 28.8 Å². The molecule has 2 aromatic heterocycles. The lowest BCUT2D eigenvalue weighted by Crippen LogP contribution is -2.44. The lowest BCUT2D eigenvalue weighted by atomic mass is 9.85. The van der Waals surface area contributed by atoms with E-state index < -0.39 is 0 Å². The third-order valence-corrected chi connectivity index (χ3v) is 6.46. The Balaban J connectivity index is 1.56. The minimum absolute atomic E-state index is 0.0356. The maximum atomic E-state index is 14.9. The number of aryl methyl sites for hydroxylation is 1. The van der Waals surface area contributed by atoms with Crippen LogP contribution >= 0.6 is 0 Å². The first kappa shape index (κ1) is 23.7. The monoisotopic (exact) mass is 466 g/mol. The van der Waals surface area contributed by atoms with Crippen LogP contribution in [0.15, 0.2) is 30.7 Å². The van der Waals surface area contributed by atoms with E-state index in [-0.39, 0.29) is 35.8 Å². The van der Waals surface area contributed by atoms with E-state index in [1.165, 1.54) is 6.07 Å². The van der Waals surface area contributed by atoms with E-state index in [2.05, 4.69) is 25.9 Å². The Bertz CT molecular complexity index is 1220. The van der Waals surface area contributed by atoms with Gasteiger partial charge in [-0.2, -0.15) is 0 Å². The number of fused-ring (bicyclic) bond motifs is 1. The lowest BCUT2D eigenvalue weighted by Gasteiger charge is -2.28. The van der Waals surface area contributed by atoms with Crippen molar-refractivity contribution in [3.05, 3.63) is 42.1 Å². The number of hydrogen-bond donors (Lipinski definition) is 3. The Hall–Kier alpha value is -3.49. The summed E-state index contributed by atoms with van der Waals surface area (Å²) in [7, 11) is 1.57. The van der Waals surface area contributed by atoms with Gasteiger partial charge >= 0.3 is 6.03 Å². The van der Waals surface area contributed by atoms with Crippen LogP contribution in [0.4, 0.5) is 15.0 Å². The van der Waals surface area contributed by atoms with E-state index in [1.807, 2.05) is 31.4 Å². The molecule has 0 radical (unpaired) electrons. The molecule has 1 aromatic carbocycles. The standard InChI is InChI=1S/C25H31FN6O2/c1-14(2)32-13-29-23-20(26)9-17(10-21(23)32)19-11-22(28-12-15(19)3)31-24(33)16-6-5-7-18(8-16)30-25(34)27-4/h9-14,16,18H,5-8H2,1-4H3,(H2,27,30,34)(H,28,31,33). The normalized spacial score (nSPS) is 18.2. The molecule has 9 heteroatoms. The molecule has 2 unspecified atom stereocenters. The molecule has 3 N–H and O–H groups in total. The van der Waals surface area contributed by atoms with Crippen LogP contribution in [0.25, 0.3) is 22.2 Å². The second-order valence-corrected chi connectivity index (χ2v) is 9.23. The highest BCUT2D eigenvalue weighted by molar-refractivity contribution is 5.93. The van der Waals surface area contributed by atoms with Crippen LogP contribution < -0.4 is 16.0 Å². The Morgan fingerprint density at radius 1 is 1.18 bits per heavy atom. The van der Waals surface area contributed by atoms with Gasteiger partial charge in [-0.05, 0) is 74.9 Å². The largest absolute Gasteiger partial charge is 0.341 e. The van der Waals surface area contributed by atoms with E-state index in [1.54, 1.807) is 25.6 Å². The number of carbonyl (C=O) groups is 2. The summed E-state index contributed by atoms with van der Waals surface area (Å²) in [5.74, 6) is -0.294. The van der Waals surface area contributed by atoms with Crippen molar-refractivity contribution in [2.24, 2.45) is 5.92 Å². The van der Waals surface area contributed by atoms with Crippen LogP contribution in [0.1, 0.15) is 51.1 Å². The van der Waals surface area contributed by atoms with Gasteiger partial charge in [0.1, 0.15) is 11.3 Å². The minimum Gasteiger partial charge on any atom is -0.341 e. The molecule has 1 aliphatic carbocycles. The number of aromatic nitrogens is 3. The summed E-state index contributed by atoms with van der Waals surface area (Å²) in [6.07, 6.45) is 6.40. The summed E-state index contributed by atoms with van der Waals surface area (Å²) < 4.78 is 16.8. The number of urea groups is 1. The van der Waals surface area contributed by atoms with Crippen molar-refractivity contribution in [1.29, 1.82) is 0 Å². The van der Waals surface area contributed by atoms with Gasteiger partial charge < -0.3 is 20.5 Å². The van der Waals surface area contributed by atoms with Gasteiger partial charge in [0.2, 0.25) is 5.91 Å². The quantitative estimate of drug-likeness (QED) is 0.513. The maximum absolute atomic E-state index is 14.9. The number of anilines is 1. The van der Waals surface area contributed by atoms with Crippen molar-refractivity contribution in [2.75, 3.05) is 12.4 Å². The third-order valence-electron chi connectivity index (χ3n) is 6.46. The highest BCUT2D eigenvalue weighted by atomic mass is 19.1. The van der Waals surface area contributed by atoms with Gasteiger partial charge in [0.05, 0.1) is 11.8 Å². The molecule has 8 nitrogen and oxygen atoms in total. The highest BCUT2D eigenvalue weighted by Crippen LogP contribution is 2.31. The number of rotatable bonds is 5. The van der Waals surface area contributed by atoms with Gasteiger partial charge in [-0.1, -0.05) is 6.42 Å². The average Bonchev–Trinajstić information content (AvgIpc) is 3.25. The number of nitrogens with one attached hydrogen (secondary N) is 3. The smallest absolute Gasteiger partial charge is 0.314 e. The maximum Gasteiger partial charge on any atom is 0.314 e. The van der Waals surface area contributed by atoms with Gasteiger partial charge in [-0.25, -0.2) is 19.2 Å². The molecule has 4 rings (SSSR count). The van der Waals surface area contributed by atoms with Crippen molar-refractivity contribution in [3.8, 4) is 11.1 Å². The zero-order chi connectivity index (χ0) is 24.4. The molecule has 2 atom stereocenters. The fraction of sp³-hybridized carbons (Fsp3) is 0.440. The van der Waals surface area contributed by atoms with E-state index >= 15 is 0 Å². The number of imidazole rings is 1. The second-order valence-electron chi connectivity index (χ2n) is 9.23. The van der Waals surface area contributed by atoms with Gasteiger partial charge in [-0.3, -0.25) is 4.79 Å². The number of hydrogen-bond acceptors (Lipinski definition) is 4. The molecule has 34 heavy (non-hydrogen) atoms. The molecule has 1 saturated carbocycles. The Kier molecular flexibility index (Phi) is 6.81. The molecule has 1 aliphatic rings. The van der Waals surface area contributed by atoms with Crippen molar-refractivity contribution in [1.82, 2.24) is 25.2 Å². The molecule has 2 heterocycles. The first-order valence-corrected chi connectivity index (χ1v) is 11.7. The first-order chi connectivity index (χ1) is 16.3. The van der Waals surface area contributed by atoms with Crippen molar-refractivity contribution in [3.63, 3.8) is 0 Å². The zero-order valence-corrected chi connectivity index (χ0v) is 20.0. The fourth-order valence-electron chi connectivity index (χ4n) is 4.61. The molecule has 0 bridgehead atoms. The molecule has 180 valence electrons. The van der Waals surface area contributed by atoms with E-state index in [9.17, 15) is 14.0 Å². The Morgan fingerprint density at radius 3 is 2.71 bits per heavy atom. The van der Waals surface area contributed by atoms with E-state index in [4.69, 9.17) is 0 Å². The molecule has 0 saturated heterocycles. The number of halogens is 1. The van der Waals surface area contributed by atoms with Crippen LogP contribution in [0.5, 0.6) is 0 Å². The number of nitrogens with zero attached hydrogens (tertiary/aromatic N) is 3. The van der Waals surface area contributed by atoms with Crippen molar-refractivity contribution in [2.45, 2.75) is 58.5 Å². The molecular formula is C25H31FN6O2. The molecule has 3 amide bonds. The summed E-state index contributed by atoms with van der Waals surface area (Å²) in [6, 6.07) is 5.06. The molecule has 0 aliphatic heterocycles. The second kappa shape index (κ2) is 9.79. The predicted molar refractivity (Wildman–Crippen MR) is 130 cm³/mol. The Morgan fingerprint density at radius 2 is 1.97 bits per heavy atom. The lowest BCUT2D eigenvalue weighted by molar-refractivity contribution is -0.121. The zero-order valence-electron chi connectivity index (χ0n) is 20.0. The van der Waals surface area contributed by atoms with Crippen LogP contribution in [-0.4, -0.2) is 39.6 Å². The average molecular weight is 467 g/mol. The summed E-state index contributed by atoms with van der Waals surface area (Å²) in [5.41, 5.74) is 3.44. The summed E-state index contributed by atoms with van der Waals surface area (Å²) in [6.45, 7) is 5.96. The highest BCUT2D eigenvalue weighted by Gasteiger charge is 2.28. The van der Waals surface area contributed by atoms with Crippen LogP contribution in [-0.2, 0) is 4.79 Å². The van der Waals surface area contributed by atoms with Crippen molar-refractivity contribution < 1.29 is 14.0 Å². The van der Waals surface area contributed by atoms with Crippen LogP contribution in [0.2, 0.25) is 0 Å². The van der Waals surface area contributed by atoms with E-state index in [0.29, 0.717) is 23.3 Å². The van der Waals surface area contributed by atoms with Gasteiger partial charge in [0.25, 0.3) is 0 Å². The number of pyridine rings is 1. The summed E-state index contributed by atoms with van der Waals surface area (Å²) in [4.78, 5) is 33.2. The van der Waals surface area contributed by atoms with Gasteiger partial charge in [-0.15, -0.1) is 0 Å². The minimum atomic E-state index is -0.384. The number of amides is 3. The topological polar surface area (TPSA) is 101 Å². The fourth-order valence-corrected chi connectivity index (χ4v) is 4.61. The van der Waals surface area contributed by atoms with Crippen LogP contribution in [0.3, 0.4) is 0 Å². The first-order valence-electron chi connectivity index (χ1n) is 11.7. The molecular weight excluding hydrogens is 435 g/mol. The third kappa shape index (κ3) is 4.88. The number of carbonyl (C=O) groups excluding carboxylic acids is 2. The van der Waals surface area contributed by atoms with Gasteiger partial charge in [0, 0.05) is 31.2 Å². The van der Waals surface area contributed by atoms with E-state index in [0.717, 1.165) is 35.9 Å². The molecule has 0 spiro atoms.